The highest BCUT2D eigenvalue weighted by Crippen LogP contribution is 2.33. The molecular formula is C23H23N3O5. The standard InChI is InChI=1S/C23H23N3O5/c1-24(19-9-5-7-15-6-3-4-8-18(15)19)20(27)14-25-21(28)22(29)26(23(25)30)16-10-12-17(31-2)13-11-16/h3-4,6,8,10-13,19H,5,7,9,14H2,1-2H3/t19-/m1/s1. The summed E-state index contributed by atoms with van der Waals surface area (Å²) in [7, 11) is 3.17. The Kier molecular flexibility index (Phi) is 5.46. The molecule has 1 atom stereocenters. The number of carbonyl (C=O) groups excluding carboxylic acids is 4. The third-order valence-corrected chi connectivity index (χ3v) is 5.88. The summed E-state index contributed by atoms with van der Waals surface area (Å²) in [6.45, 7) is -0.481. The second kappa shape index (κ2) is 8.22. The van der Waals surface area contributed by atoms with E-state index in [-0.39, 0.29) is 11.7 Å². The van der Waals surface area contributed by atoms with Gasteiger partial charge in [-0.05, 0) is 54.7 Å². The van der Waals surface area contributed by atoms with Crippen LogP contribution in [-0.4, -0.2) is 54.3 Å². The molecule has 0 aromatic heterocycles. The number of nitrogens with zero attached hydrogens (tertiary/aromatic N) is 3. The predicted octanol–water partition coefficient (Wildman–Crippen LogP) is 2.53. The Hall–Kier alpha value is -3.68. The maximum absolute atomic E-state index is 13.0. The van der Waals surface area contributed by atoms with Crippen molar-refractivity contribution in [2.75, 3.05) is 25.6 Å². The van der Waals surface area contributed by atoms with Crippen LogP contribution in [0, 0.1) is 0 Å². The number of anilines is 1. The first kappa shape index (κ1) is 20.6. The van der Waals surface area contributed by atoms with Gasteiger partial charge in [0.1, 0.15) is 12.3 Å². The van der Waals surface area contributed by atoms with Gasteiger partial charge < -0.3 is 9.64 Å². The van der Waals surface area contributed by atoms with Gasteiger partial charge in [0, 0.05) is 7.05 Å². The van der Waals surface area contributed by atoms with Crippen molar-refractivity contribution in [3.8, 4) is 5.75 Å². The van der Waals surface area contributed by atoms with E-state index in [2.05, 4.69) is 6.07 Å². The first-order valence-electron chi connectivity index (χ1n) is 10.1. The van der Waals surface area contributed by atoms with E-state index >= 15 is 0 Å². The van der Waals surface area contributed by atoms with Crippen LogP contribution in [0.1, 0.15) is 30.0 Å². The molecule has 8 nitrogen and oxygen atoms in total. The SMILES string of the molecule is COc1ccc(N2C(=O)C(=O)N(CC(=O)N(C)[C@@H]3CCCc4ccccc43)C2=O)cc1. The Morgan fingerprint density at radius 3 is 2.48 bits per heavy atom. The Balaban J connectivity index is 1.51. The molecule has 160 valence electrons. The molecular weight excluding hydrogens is 398 g/mol. The third kappa shape index (κ3) is 3.65. The van der Waals surface area contributed by atoms with Crippen LogP contribution in [0.4, 0.5) is 10.5 Å². The summed E-state index contributed by atoms with van der Waals surface area (Å²) in [5.41, 5.74) is 2.53. The summed E-state index contributed by atoms with van der Waals surface area (Å²) in [6.07, 6.45) is 2.71. The number of likely N-dealkylation sites (N-methyl/N-ethyl adjacent to an activating group) is 1. The van der Waals surface area contributed by atoms with Crippen LogP contribution in [0.25, 0.3) is 0 Å². The number of carbonyl (C=O) groups is 4. The molecule has 5 amide bonds. The van der Waals surface area contributed by atoms with E-state index in [1.54, 1.807) is 24.1 Å². The van der Waals surface area contributed by atoms with Gasteiger partial charge in [-0.3, -0.25) is 14.4 Å². The normalized spacial score (nSPS) is 18.3. The second-order valence-electron chi connectivity index (χ2n) is 7.62. The quantitative estimate of drug-likeness (QED) is 0.547. The number of benzene rings is 2. The van der Waals surface area contributed by atoms with Gasteiger partial charge in [0.05, 0.1) is 18.8 Å². The molecule has 1 saturated heterocycles. The van der Waals surface area contributed by atoms with E-state index in [4.69, 9.17) is 4.74 Å². The van der Waals surface area contributed by atoms with Crippen LogP contribution in [0.15, 0.2) is 48.5 Å². The van der Waals surface area contributed by atoms with Crippen LogP contribution < -0.4 is 9.64 Å². The van der Waals surface area contributed by atoms with Gasteiger partial charge in [-0.25, -0.2) is 14.6 Å². The van der Waals surface area contributed by atoms with Crippen molar-refractivity contribution >= 4 is 29.4 Å². The molecule has 0 radical (unpaired) electrons. The lowest BCUT2D eigenvalue weighted by molar-refractivity contribution is -0.142. The lowest BCUT2D eigenvalue weighted by Crippen LogP contribution is -2.43. The summed E-state index contributed by atoms with van der Waals surface area (Å²) < 4.78 is 5.07. The number of amides is 5. The minimum atomic E-state index is -1.01. The lowest BCUT2D eigenvalue weighted by Gasteiger charge is -2.34. The molecule has 0 saturated carbocycles. The molecule has 31 heavy (non-hydrogen) atoms. The van der Waals surface area contributed by atoms with Gasteiger partial charge in [-0.15, -0.1) is 0 Å². The number of imide groups is 2. The topological polar surface area (TPSA) is 87.2 Å². The Labute approximate surface area is 180 Å². The van der Waals surface area contributed by atoms with E-state index in [1.165, 1.54) is 24.8 Å². The third-order valence-electron chi connectivity index (χ3n) is 5.88. The predicted molar refractivity (Wildman–Crippen MR) is 112 cm³/mol. The lowest BCUT2D eigenvalue weighted by atomic mass is 9.87. The molecule has 2 aromatic carbocycles. The molecule has 0 unspecified atom stereocenters. The number of hydrogen-bond donors (Lipinski definition) is 0. The molecule has 0 spiro atoms. The van der Waals surface area contributed by atoms with Crippen LogP contribution in [0.5, 0.6) is 5.75 Å². The molecule has 0 N–H and O–H groups in total. The maximum Gasteiger partial charge on any atom is 0.339 e. The van der Waals surface area contributed by atoms with Crippen molar-refractivity contribution in [2.24, 2.45) is 0 Å². The number of ether oxygens (including phenoxy) is 1. The molecule has 2 aliphatic rings. The average molecular weight is 421 g/mol. The average Bonchev–Trinajstić information content (AvgIpc) is 3.01. The molecule has 8 heteroatoms. The fourth-order valence-electron chi connectivity index (χ4n) is 4.16. The zero-order valence-corrected chi connectivity index (χ0v) is 17.4. The van der Waals surface area contributed by atoms with E-state index in [1.807, 2.05) is 18.2 Å². The summed E-state index contributed by atoms with van der Waals surface area (Å²) >= 11 is 0. The minimum absolute atomic E-state index is 0.126. The summed E-state index contributed by atoms with van der Waals surface area (Å²) in [5.74, 6) is -1.83. The largest absolute Gasteiger partial charge is 0.497 e. The molecule has 0 bridgehead atoms. The van der Waals surface area contributed by atoms with Gasteiger partial charge in [0.2, 0.25) is 5.91 Å². The number of urea groups is 1. The van der Waals surface area contributed by atoms with Crippen LogP contribution in [0.2, 0.25) is 0 Å². The van der Waals surface area contributed by atoms with Crippen molar-refractivity contribution < 1.29 is 23.9 Å². The fraction of sp³-hybridized carbons (Fsp3) is 0.304. The highest BCUT2D eigenvalue weighted by molar-refractivity contribution is 6.53. The van der Waals surface area contributed by atoms with E-state index in [9.17, 15) is 19.2 Å². The first-order chi connectivity index (χ1) is 14.9. The van der Waals surface area contributed by atoms with Gasteiger partial charge in [0.15, 0.2) is 0 Å². The fourth-order valence-corrected chi connectivity index (χ4v) is 4.16. The summed E-state index contributed by atoms with van der Waals surface area (Å²) in [4.78, 5) is 53.8. The summed E-state index contributed by atoms with van der Waals surface area (Å²) in [6, 6.07) is 13.2. The molecule has 2 aromatic rings. The maximum atomic E-state index is 13.0. The van der Waals surface area contributed by atoms with Crippen molar-refractivity contribution in [2.45, 2.75) is 25.3 Å². The van der Waals surface area contributed by atoms with E-state index in [0.29, 0.717) is 10.6 Å². The van der Waals surface area contributed by atoms with Crippen molar-refractivity contribution in [1.82, 2.24) is 9.80 Å². The van der Waals surface area contributed by atoms with Crippen molar-refractivity contribution in [3.05, 3.63) is 59.7 Å². The number of hydrogen-bond acceptors (Lipinski definition) is 5. The zero-order chi connectivity index (χ0) is 22.1. The second-order valence-corrected chi connectivity index (χ2v) is 7.62. The van der Waals surface area contributed by atoms with Crippen molar-refractivity contribution in [1.29, 1.82) is 0 Å². The monoisotopic (exact) mass is 421 g/mol. The van der Waals surface area contributed by atoms with E-state index < -0.39 is 30.3 Å². The van der Waals surface area contributed by atoms with Gasteiger partial charge >= 0.3 is 17.8 Å². The van der Waals surface area contributed by atoms with E-state index in [0.717, 1.165) is 29.7 Å². The Morgan fingerprint density at radius 1 is 1.06 bits per heavy atom. The van der Waals surface area contributed by atoms with Gasteiger partial charge in [-0.1, -0.05) is 24.3 Å². The highest BCUT2D eigenvalue weighted by Gasteiger charge is 2.46. The number of aryl methyl sites for hydroxylation is 1. The van der Waals surface area contributed by atoms with Gasteiger partial charge in [-0.2, -0.15) is 0 Å². The molecule has 4 rings (SSSR count). The van der Waals surface area contributed by atoms with Crippen molar-refractivity contribution in [3.63, 3.8) is 0 Å². The number of rotatable bonds is 5. The molecule has 1 aliphatic carbocycles. The minimum Gasteiger partial charge on any atom is -0.497 e. The molecule has 1 aliphatic heterocycles. The number of methoxy groups -OCH3 is 1. The molecule has 1 fully saturated rings. The van der Waals surface area contributed by atoms with Gasteiger partial charge in [0.25, 0.3) is 0 Å². The van der Waals surface area contributed by atoms with Crippen LogP contribution in [-0.2, 0) is 20.8 Å². The smallest absolute Gasteiger partial charge is 0.339 e. The van der Waals surface area contributed by atoms with Crippen LogP contribution in [0.3, 0.4) is 0 Å². The van der Waals surface area contributed by atoms with Crippen LogP contribution >= 0.6 is 0 Å². The summed E-state index contributed by atoms with van der Waals surface area (Å²) in [5, 5.41) is 0. The Bertz CT molecular complexity index is 1050. The highest BCUT2D eigenvalue weighted by atomic mass is 16.5. The first-order valence-corrected chi connectivity index (χ1v) is 10.1. The molecule has 1 heterocycles. The number of fused-ring (bicyclic) bond motifs is 1. The Morgan fingerprint density at radius 2 is 1.77 bits per heavy atom. The zero-order valence-electron chi connectivity index (χ0n) is 17.4.